The molecule has 1 aliphatic heterocycles. The van der Waals surface area contributed by atoms with Crippen LogP contribution in [0.1, 0.15) is 66.9 Å². The zero-order chi connectivity index (χ0) is 25.1. The second-order valence-corrected chi connectivity index (χ2v) is 10.1. The molecule has 2 fully saturated rings. The van der Waals surface area contributed by atoms with Gasteiger partial charge in [-0.15, -0.1) is 0 Å². The van der Waals surface area contributed by atoms with Crippen molar-refractivity contribution in [1.82, 2.24) is 19.8 Å². The summed E-state index contributed by atoms with van der Waals surface area (Å²) in [5, 5.41) is 2.77. The van der Waals surface area contributed by atoms with E-state index in [4.69, 9.17) is 0 Å². The Morgan fingerprint density at radius 3 is 2.44 bits per heavy atom. The van der Waals surface area contributed by atoms with Crippen molar-refractivity contribution in [1.29, 1.82) is 0 Å². The second kappa shape index (κ2) is 10.8. The lowest BCUT2D eigenvalue weighted by atomic mass is 9.85. The van der Waals surface area contributed by atoms with Gasteiger partial charge in [0.05, 0.1) is 11.0 Å². The lowest BCUT2D eigenvalue weighted by Crippen LogP contribution is -2.33. The molecule has 1 saturated heterocycles. The van der Waals surface area contributed by atoms with Crippen molar-refractivity contribution in [2.24, 2.45) is 10.9 Å². The second-order valence-electron chi connectivity index (χ2n) is 10.1. The molecule has 2 amide bonds. The number of piperidine rings is 1. The van der Waals surface area contributed by atoms with Crippen molar-refractivity contribution in [3.63, 3.8) is 0 Å². The standard InChI is InChI=1S/C28H34FN5O2/c1-30-26(35)20-8-12-23(13-9-20)34-25-17-19(18-33-15-3-2-4-16-33)5-14-24(25)31-28(34)32-27(36)21-6-10-22(29)11-7-21/h5-7,10-11,14,17,20,23H,2-4,8-9,12-13,15-16,18H2,1H3,(H,30,35)(H,31,32,36). The van der Waals surface area contributed by atoms with Gasteiger partial charge < -0.3 is 14.9 Å². The van der Waals surface area contributed by atoms with Crippen LogP contribution < -0.4 is 10.9 Å². The number of halogens is 1. The molecule has 0 bridgehead atoms. The number of likely N-dealkylation sites (tertiary alicyclic amines) is 1. The molecule has 1 aliphatic carbocycles. The first-order valence-corrected chi connectivity index (χ1v) is 13.0. The van der Waals surface area contributed by atoms with E-state index >= 15 is 0 Å². The summed E-state index contributed by atoms with van der Waals surface area (Å²) in [4.78, 5) is 35.4. The first kappa shape index (κ1) is 24.4. The Balaban J connectivity index is 1.51. The molecule has 190 valence electrons. The van der Waals surface area contributed by atoms with Crippen LogP contribution in [0, 0.1) is 11.7 Å². The van der Waals surface area contributed by atoms with E-state index in [0.29, 0.717) is 11.2 Å². The molecule has 8 heteroatoms. The molecule has 2 N–H and O–H groups in total. The first-order valence-electron chi connectivity index (χ1n) is 13.0. The number of aromatic nitrogens is 2. The molecule has 5 rings (SSSR count). The lowest BCUT2D eigenvalue weighted by Gasteiger charge is -2.29. The predicted octanol–water partition coefficient (Wildman–Crippen LogP) is 4.31. The zero-order valence-electron chi connectivity index (χ0n) is 20.8. The fourth-order valence-electron chi connectivity index (χ4n) is 5.66. The monoisotopic (exact) mass is 491 g/mol. The maximum absolute atomic E-state index is 13.4. The quantitative estimate of drug-likeness (QED) is 0.558. The number of nitrogens with one attached hydrogen (secondary N) is 2. The number of benzene rings is 2. The number of carbonyl (C=O) groups is 2. The van der Waals surface area contributed by atoms with Crippen LogP contribution in [0.4, 0.5) is 4.39 Å². The molecule has 2 aliphatic rings. The molecule has 0 radical (unpaired) electrons. The molecule has 0 unspecified atom stereocenters. The summed E-state index contributed by atoms with van der Waals surface area (Å²) < 4.78 is 15.5. The number of fused-ring (bicyclic) bond motifs is 1. The number of amides is 2. The number of H-pyrrole nitrogens is 1. The Kier molecular flexibility index (Phi) is 7.32. The summed E-state index contributed by atoms with van der Waals surface area (Å²) in [6.07, 6.45) is 7.05. The smallest absolute Gasteiger partial charge is 0.280 e. The van der Waals surface area contributed by atoms with Gasteiger partial charge in [0.15, 0.2) is 0 Å². The van der Waals surface area contributed by atoms with Crippen LogP contribution in [0.15, 0.2) is 47.5 Å². The van der Waals surface area contributed by atoms with Gasteiger partial charge in [-0.25, -0.2) is 4.39 Å². The van der Waals surface area contributed by atoms with Crippen molar-refractivity contribution >= 4 is 22.8 Å². The predicted molar refractivity (Wildman–Crippen MR) is 137 cm³/mol. The molecule has 2 heterocycles. The van der Waals surface area contributed by atoms with Crippen LogP contribution in [0.25, 0.3) is 11.0 Å². The van der Waals surface area contributed by atoms with Gasteiger partial charge in [-0.3, -0.25) is 14.5 Å². The zero-order valence-corrected chi connectivity index (χ0v) is 20.8. The van der Waals surface area contributed by atoms with Crippen molar-refractivity contribution in [3.05, 3.63) is 65.0 Å². The molecular weight excluding hydrogens is 457 g/mol. The van der Waals surface area contributed by atoms with Crippen LogP contribution in [-0.4, -0.2) is 46.4 Å². The Hall–Kier alpha value is -3.26. The molecular formula is C28H34FN5O2. The van der Waals surface area contributed by atoms with E-state index in [1.165, 1.54) is 49.1 Å². The number of hydrogen-bond acceptors (Lipinski definition) is 3. The Morgan fingerprint density at radius 2 is 1.75 bits per heavy atom. The van der Waals surface area contributed by atoms with Gasteiger partial charge in [-0.05, 0) is 93.6 Å². The highest BCUT2D eigenvalue weighted by molar-refractivity contribution is 5.94. The van der Waals surface area contributed by atoms with E-state index in [1.54, 1.807) is 7.05 Å². The van der Waals surface area contributed by atoms with Crippen LogP contribution >= 0.6 is 0 Å². The highest BCUT2D eigenvalue weighted by Gasteiger charge is 2.28. The summed E-state index contributed by atoms with van der Waals surface area (Å²) in [6, 6.07) is 12.0. The van der Waals surface area contributed by atoms with Crippen molar-refractivity contribution in [3.8, 4) is 0 Å². The van der Waals surface area contributed by atoms with E-state index < -0.39 is 5.91 Å². The van der Waals surface area contributed by atoms with E-state index in [9.17, 15) is 14.0 Å². The largest absolute Gasteiger partial charge is 0.359 e. The van der Waals surface area contributed by atoms with E-state index in [1.807, 2.05) is 0 Å². The number of rotatable bonds is 5. The minimum absolute atomic E-state index is 0.0213. The van der Waals surface area contributed by atoms with Gasteiger partial charge in [-0.2, -0.15) is 4.99 Å². The molecule has 1 aromatic heterocycles. The van der Waals surface area contributed by atoms with Crippen molar-refractivity contribution in [2.75, 3.05) is 20.1 Å². The summed E-state index contributed by atoms with van der Waals surface area (Å²) in [5.74, 6) is -0.685. The van der Waals surface area contributed by atoms with Crippen molar-refractivity contribution in [2.45, 2.75) is 57.5 Å². The first-order chi connectivity index (χ1) is 17.5. The molecule has 36 heavy (non-hydrogen) atoms. The van der Waals surface area contributed by atoms with Crippen LogP contribution in [0.3, 0.4) is 0 Å². The average molecular weight is 492 g/mol. The minimum Gasteiger partial charge on any atom is -0.359 e. The molecule has 1 saturated carbocycles. The fraction of sp³-hybridized carbons (Fsp3) is 0.464. The maximum atomic E-state index is 13.4. The van der Waals surface area contributed by atoms with Gasteiger partial charge in [0.2, 0.25) is 11.5 Å². The Labute approximate surface area is 210 Å². The molecule has 0 spiro atoms. The Bertz CT molecular complexity index is 1300. The lowest BCUT2D eigenvalue weighted by molar-refractivity contribution is -0.125. The number of imidazole rings is 1. The highest BCUT2D eigenvalue weighted by Crippen LogP contribution is 2.33. The Morgan fingerprint density at radius 1 is 1.03 bits per heavy atom. The van der Waals surface area contributed by atoms with Crippen LogP contribution in [-0.2, 0) is 11.3 Å². The van der Waals surface area contributed by atoms with Crippen molar-refractivity contribution < 1.29 is 14.0 Å². The van der Waals surface area contributed by atoms with Gasteiger partial charge in [0.25, 0.3) is 5.91 Å². The minimum atomic E-state index is -0.414. The third kappa shape index (κ3) is 5.28. The van der Waals surface area contributed by atoms with Gasteiger partial charge >= 0.3 is 0 Å². The average Bonchev–Trinajstić information content (AvgIpc) is 3.26. The maximum Gasteiger partial charge on any atom is 0.280 e. The molecule has 7 nitrogen and oxygen atoms in total. The fourth-order valence-corrected chi connectivity index (χ4v) is 5.66. The summed E-state index contributed by atoms with van der Waals surface area (Å²) in [5.41, 5.74) is 4.04. The summed E-state index contributed by atoms with van der Waals surface area (Å²) in [7, 11) is 1.69. The van der Waals surface area contributed by atoms with Gasteiger partial charge in [0, 0.05) is 31.1 Å². The van der Waals surface area contributed by atoms with E-state index in [2.05, 4.69) is 43.0 Å². The van der Waals surface area contributed by atoms with Gasteiger partial charge in [-0.1, -0.05) is 12.5 Å². The normalized spacial score (nSPS) is 21.6. The number of carbonyl (C=O) groups excluding carboxylic acids is 2. The third-order valence-electron chi connectivity index (χ3n) is 7.63. The summed E-state index contributed by atoms with van der Waals surface area (Å²) >= 11 is 0. The highest BCUT2D eigenvalue weighted by atomic mass is 19.1. The van der Waals surface area contributed by atoms with E-state index in [0.717, 1.165) is 56.4 Å². The summed E-state index contributed by atoms with van der Waals surface area (Å²) in [6.45, 7) is 3.16. The van der Waals surface area contributed by atoms with Gasteiger partial charge in [0.1, 0.15) is 5.82 Å². The molecule has 2 aromatic carbocycles. The number of nitrogens with zero attached hydrogens (tertiary/aromatic N) is 3. The third-order valence-corrected chi connectivity index (χ3v) is 7.63. The molecule has 0 atom stereocenters. The number of aromatic amines is 1. The SMILES string of the molecule is CNC(=O)C1CCC(n2/c(=N\C(=O)c3ccc(F)cc3)[nH]c3ccc(CN4CCCCC4)cc32)CC1. The molecule has 3 aromatic rings. The van der Waals surface area contributed by atoms with Crippen LogP contribution in [0.5, 0.6) is 0 Å². The van der Waals surface area contributed by atoms with Crippen LogP contribution in [0.2, 0.25) is 0 Å². The topological polar surface area (TPSA) is 82.5 Å². The van der Waals surface area contributed by atoms with E-state index in [-0.39, 0.29) is 23.7 Å². The number of hydrogen-bond donors (Lipinski definition) is 2.